The Labute approximate surface area is 120 Å². The maximum absolute atomic E-state index is 13.2. The molecule has 0 saturated carbocycles. The largest absolute Gasteiger partial charge is 0.396 e. The van der Waals surface area contributed by atoms with Gasteiger partial charge in [0.1, 0.15) is 10.0 Å². The fourth-order valence-corrected chi connectivity index (χ4v) is 4.11. The maximum atomic E-state index is 13.2. The summed E-state index contributed by atoms with van der Waals surface area (Å²) in [6.45, 7) is 1.67. The highest BCUT2D eigenvalue weighted by molar-refractivity contribution is 7.94. The number of hydrogen-bond donors (Lipinski definition) is 2. The number of anilines is 1. The van der Waals surface area contributed by atoms with Gasteiger partial charge in [-0.3, -0.25) is 4.72 Å². The van der Waals surface area contributed by atoms with Gasteiger partial charge in [-0.1, -0.05) is 6.07 Å². The zero-order valence-corrected chi connectivity index (χ0v) is 12.4. The van der Waals surface area contributed by atoms with Crippen molar-refractivity contribution in [1.29, 1.82) is 0 Å². The van der Waals surface area contributed by atoms with E-state index in [1.165, 1.54) is 18.2 Å². The predicted molar refractivity (Wildman–Crippen MR) is 77.1 cm³/mol. The Bertz CT molecular complexity index is 710. The first-order valence-electron chi connectivity index (χ1n) is 5.91. The van der Waals surface area contributed by atoms with Crippen LogP contribution >= 0.6 is 11.3 Å². The van der Waals surface area contributed by atoms with Gasteiger partial charge in [0.05, 0.1) is 5.69 Å². The first kappa shape index (κ1) is 15.0. The van der Waals surface area contributed by atoms with Gasteiger partial charge in [-0.2, -0.15) is 0 Å². The Morgan fingerprint density at radius 2 is 2.05 bits per heavy atom. The third kappa shape index (κ3) is 3.36. The van der Waals surface area contributed by atoms with E-state index in [9.17, 15) is 12.8 Å². The fraction of sp³-hybridized carbons (Fsp3) is 0.231. The zero-order valence-electron chi connectivity index (χ0n) is 10.8. The average Bonchev–Trinajstić information content (AvgIpc) is 2.83. The van der Waals surface area contributed by atoms with Crippen molar-refractivity contribution in [3.8, 4) is 0 Å². The quantitative estimate of drug-likeness (QED) is 0.891. The van der Waals surface area contributed by atoms with Gasteiger partial charge in [0.15, 0.2) is 0 Å². The minimum Gasteiger partial charge on any atom is -0.396 e. The molecule has 0 fully saturated rings. The van der Waals surface area contributed by atoms with Crippen molar-refractivity contribution in [1.82, 2.24) is 0 Å². The molecular formula is C13H14FNO3S2. The van der Waals surface area contributed by atoms with Gasteiger partial charge < -0.3 is 5.11 Å². The Morgan fingerprint density at radius 3 is 2.75 bits per heavy atom. The molecule has 20 heavy (non-hydrogen) atoms. The number of thiophene rings is 1. The number of aliphatic hydroxyl groups excluding tert-OH is 1. The highest BCUT2D eigenvalue weighted by Gasteiger charge is 2.18. The van der Waals surface area contributed by atoms with Crippen molar-refractivity contribution in [3.05, 3.63) is 46.6 Å². The van der Waals surface area contributed by atoms with E-state index < -0.39 is 15.8 Å². The molecule has 0 radical (unpaired) electrons. The fourth-order valence-electron chi connectivity index (χ4n) is 1.65. The summed E-state index contributed by atoms with van der Waals surface area (Å²) in [5.41, 5.74) is 0.865. The first-order chi connectivity index (χ1) is 9.42. The summed E-state index contributed by atoms with van der Waals surface area (Å²) in [6.07, 6.45) is 0.416. The number of hydrogen-bond acceptors (Lipinski definition) is 4. The van der Waals surface area contributed by atoms with Crippen LogP contribution in [0.1, 0.15) is 10.4 Å². The van der Waals surface area contributed by atoms with Gasteiger partial charge >= 0.3 is 0 Å². The normalized spacial score (nSPS) is 11.6. The molecule has 0 amide bonds. The van der Waals surface area contributed by atoms with E-state index in [4.69, 9.17) is 5.11 Å². The van der Waals surface area contributed by atoms with Gasteiger partial charge in [0.25, 0.3) is 10.0 Å². The summed E-state index contributed by atoms with van der Waals surface area (Å²) in [5, 5.41) is 8.83. The van der Waals surface area contributed by atoms with Crippen molar-refractivity contribution in [2.75, 3.05) is 11.3 Å². The van der Waals surface area contributed by atoms with E-state index in [-0.39, 0.29) is 16.5 Å². The Hall–Kier alpha value is -1.44. The predicted octanol–water partition coefficient (Wildman–Crippen LogP) is 2.53. The van der Waals surface area contributed by atoms with Gasteiger partial charge in [-0.25, -0.2) is 12.8 Å². The van der Waals surface area contributed by atoms with E-state index in [2.05, 4.69) is 4.72 Å². The molecule has 2 aromatic rings. The van der Waals surface area contributed by atoms with Crippen LogP contribution < -0.4 is 4.72 Å². The van der Waals surface area contributed by atoms with Crippen LogP contribution in [0.15, 0.2) is 34.5 Å². The number of rotatable bonds is 5. The van der Waals surface area contributed by atoms with Crippen molar-refractivity contribution < 1.29 is 17.9 Å². The smallest absolute Gasteiger partial charge is 0.271 e. The second-order valence-corrected chi connectivity index (χ2v) is 7.34. The lowest BCUT2D eigenvalue weighted by Gasteiger charge is -2.09. The van der Waals surface area contributed by atoms with E-state index in [1.54, 1.807) is 13.0 Å². The molecule has 0 aliphatic carbocycles. The minimum atomic E-state index is -3.73. The van der Waals surface area contributed by atoms with Crippen molar-refractivity contribution in [2.24, 2.45) is 0 Å². The highest BCUT2D eigenvalue weighted by atomic mass is 32.2. The molecule has 0 saturated heterocycles. The molecule has 1 aromatic heterocycles. The molecule has 0 unspecified atom stereocenters. The van der Waals surface area contributed by atoms with Gasteiger partial charge in [0.2, 0.25) is 0 Å². The molecular weight excluding hydrogens is 301 g/mol. The average molecular weight is 315 g/mol. The molecule has 7 heteroatoms. The SMILES string of the molecule is Cc1ccc(F)cc1NS(=O)(=O)c1ccc(CCO)s1. The van der Waals surface area contributed by atoms with Crippen LogP contribution in [-0.2, 0) is 16.4 Å². The van der Waals surface area contributed by atoms with E-state index in [0.29, 0.717) is 12.0 Å². The lowest BCUT2D eigenvalue weighted by atomic mass is 10.2. The van der Waals surface area contributed by atoms with Crippen LogP contribution in [0.3, 0.4) is 0 Å². The molecule has 1 heterocycles. The molecule has 2 rings (SSSR count). The van der Waals surface area contributed by atoms with Crippen LogP contribution in [0.5, 0.6) is 0 Å². The van der Waals surface area contributed by atoms with Crippen LogP contribution in [0.2, 0.25) is 0 Å². The maximum Gasteiger partial charge on any atom is 0.271 e. The third-order valence-corrected chi connectivity index (χ3v) is 5.71. The molecule has 0 atom stereocenters. The summed E-state index contributed by atoms with van der Waals surface area (Å²) < 4.78 is 40.1. The monoisotopic (exact) mass is 315 g/mol. The summed E-state index contributed by atoms with van der Waals surface area (Å²) in [6, 6.07) is 7.08. The second-order valence-electron chi connectivity index (χ2n) is 4.26. The number of sulfonamides is 1. The molecule has 0 spiro atoms. The van der Waals surface area contributed by atoms with Crippen LogP contribution in [0.25, 0.3) is 0 Å². The molecule has 108 valence electrons. The van der Waals surface area contributed by atoms with E-state index in [1.807, 2.05) is 0 Å². The Balaban J connectivity index is 2.28. The summed E-state index contributed by atoms with van der Waals surface area (Å²) >= 11 is 1.09. The first-order valence-corrected chi connectivity index (χ1v) is 8.21. The highest BCUT2D eigenvalue weighted by Crippen LogP contribution is 2.26. The third-order valence-electron chi connectivity index (χ3n) is 2.70. The topological polar surface area (TPSA) is 66.4 Å². The number of benzene rings is 1. The van der Waals surface area contributed by atoms with Crippen LogP contribution in [-0.4, -0.2) is 20.1 Å². The lowest BCUT2D eigenvalue weighted by molar-refractivity contribution is 0.300. The Morgan fingerprint density at radius 1 is 1.30 bits per heavy atom. The number of halogens is 1. The second kappa shape index (κ2) is 5.90. The Kier molecular flexibility index (Phi) is 4.42. The van der Waals surface area contributed by atoms with Gasteiger partial charge in [0, 0.05) is 17.9 Å². The summed E-state index contributed by atoms with van der Waals surface area (Å²) in [5.74, 6) is -0.500. The lowest BCUT2D eigenvalue weighted by Crippen LogP contribution is -2.12. The van der Waals surface area contributed by atoms with Gasteiger partial charge in [-0.05, 0) is 36.8 Å². The van der Waals surface area contributed by atoms with Crippen molar-refractivity contribution in [3.63, 3.8) is 0 Å². The van der Waals surface area contributed by atoms with E-state index >= 15 is 0 Å². The molecule has 0 aliphatic rings. The number of aryl methyl sites for hydroxylation is 1. The van der Waals surface area contributed by atoms with Crippen molar-refractivity contribution >= 4 is 27.0 Å². The van der Waals surface area contributed by atoms with E-state index in [0.717, 1.165) is 22.3 Å². The van der Waals surface area contributed by atoms with Crippen LogP contribution in [0, 0.1) is 12.7 Å². The molecule has 1 aromatic carbocycles. The molecule has 0 aliphatic heterocycles. The van der Waals surface area contributed by atoms with Crippen LogP contribution in [0.4, 0.5) is 10.1 Å². The number of aliphatic hydroxyl groups is 1. The molecule has 2 N–H and O–H groups in total. The zero-order chi connectivity index (χ0) is 14.8. The summed E-state index contributed by atoms with van der Waals surface area (Å²) in [4.78, 5) is 0.781. The summed E-state index contributed by atoms with van der Waals surface area (Å²) in [7, 11) is -3.73. The number of nitrogens with one attached hydrogen (secondary N) is 1. The standard InChI is InChI=1S/C13H14FNO3S2/c1-9-2-3-10(14)8-12(9)15-20(17,18)13-5-4-11(19-13)6-7-16/h2-5,8,15-16H,6-7H2,1H3. The van der Waals surface area contributed by atoms with Gasteiger partial charge in [-0.15, -0.1) is 11.3 Å². The molecule has 4 nitrogen and oxygen atoms in total. The minimum absolute atomic E-state index is 0.0313. The van der Waals surface area contributed by atoms with Crippen molar-refractivity contribution in [2.45, 2.75) is 17.6 Å². The molecule has 0 bridgehead atoms.